The summed E-state index contributed by atoms with van der Waals surface area (Å²) in [7, 11) is 0. The van der Waals surface area contributed by atoms with Crippen molar-refractivity contribution in [1.29, 1.82) is 0 Å². The molecule has 2 N–H and O–H groups in total. The first-order valence-corrected chi connectivity index (χ1v) is 9.21. The van der Waals surface area contributed by atoms with E-state index in [9.17, 15) is 9.59 Å². The van der Waals surface area contributed by atoms with Crippen LogP contribution in [0.2, 0.25) is 0 Å². The molecule has 0 spiro atoms. The molecule has 0 atom stereocenters. The summed E-state index contributed by atoms with van der Waals surface area (Å²) in [6, 6.07) is 12.6. The van der Waals surface area contributed by atoms with E-state index in [1.807, 2.05) is 32.0 Å². The highest BCUT2D eigenvalue weighted by atomic mass is 16.5. The number of nitrogens with zero attached hydrogens (tertiary/aromatic N) is 2. The summed E-state index contributed by atoms with van der Waals surface area (Å²) in [5.74, 6) is -0.204. The Kier molecular flexibility index (Phi) is 6.19. The number of benzene rings is 2. The van der Waals surface area contributed by atoms with Crippen molar-refractivity contribution in [3.8, 4) is 0 Å². The highest BCUT2D eigenvalue weighted by Crippen LogP contribution is 2.18. The van der Waals surface area contributed by atoms with Crippen LogP contribution in [-0.2, 0) is 4.74 Å². The van der Waals surface area contributed by atoms with Gasteiger partial charge in [-0.2, -0.15) is 0 Å². The van der Waals surface area contributed by atoms with E-state index < -0.39 is 0 Å². The molecule has 0 aliphatic rings. The monoisotopic (exact) mass is 390 g/mol. The molecule has 0 bridgehead atoms. The fourth-order valence-electron chi connectivity index (χ4n) is 2.70. The number of hydrogen-bond donors (Lipinski definition) is 2. The number of nitrogens with one attached hydrogen (secondary N) is 2. The largest absolute Gasteiger partial charge is 0.462 e. The van der Waals surface area contributed by atoms with Gasteiger partial charge in [0.2, 0.25) is 0 Å². The lowest BCUT2D eigenvalue weighted by atomic mass is 10.1. The SMILES string of the molecule is CCOC(=O)c1ccc(Nc2cnc(C(=O)Nc3ccc(C)cc3C)cn2)cc1. The molecule has 0 saturated heterocycles. The van der Waals surface area contributed by atoms with Crippen LogP contribution in [0, 0.1) is 13.8 Å². The standard InChI is InChI=1S/C22H22N4O3/c1-4-29-22(28)16-6-8-17(9-7-16)25-20-13-23-19(12-24-20)21(27)26-18-10-5-14(2)11-15(18)3/h5-13H,4H2,1-3H3,(H,24,25)(H,26,27). The van der Waals surface area contributed by atoms with Crippen LogP contribution in [-0.4, -0.2) is 28.5 Å². The van der Waals surface area contributed by atoms with E-state index in [4.69, 9.17) is 4.74 Å². The fourth-order valence-corrected chi connectivity index (χ4v) is 2.70. The Morgan fingerprint density at radius 1 is 1.00 bits per heavy atom. The number of rotatable bonds is 6. The minimum Gasteiger partial charge on any atom is -0.462 e. The highest BCUT2D eigenvalue weighted by Gasteiger charge is 2.11. The van der Waals surface area contributed by atoms with Gasteiger partial charge in [0.25, 0.3) is 5.91 Å². The van der Waals surface area contributed by atoms with E-state index in [-0.39, 0.29) is 17.6 Å². The number of hydrogen-bond acceptors (Lipinski definition) is 6. The molecular weight excluding hydrogens is 368 g/mol. The maximum absolute atomic E-state index is 12.4. The first-order valence-electron chi connectivity index (χ1n) is 9.21. The average Bonchev–Trinajstić information content (AvgIpc) is 2.71. The smallest absolute Gasteiger partial charge is 0.338 e. The molecule has 1 heterocycles. The van der Waals surface area contributed by atoms with Gasteiger partial charge in [-0.05, 0) is 56.7 Å². The first kappa shape index (κ1) is 20.0. The van der Waals surface area contributed by atoms with Crippen LogP contribution in [0.25, 0.3) is 0 Å². The van der Waals surface area contributed by atoms with E-state index in [0.29, 0.717) is 18.0 Å². The second kappa shape index (κ2) is 8.97. The molecule has 1 aromatic heterocycles. The van der Waals surface area contributed by atoms with Crippen molar-refractivity contribution in [3.05, 3.63) is 77.2 Å². The number of amides is 1. The molecule has 148 valence electrons. The van der Waals surface area contributed by atoms with Crippen molar-refractivity contribution in [1.82, 2.24) is 9.97 Å². The normalized spacial score (nSPS) is 10.3. The maximum atomic E-state index is 12.4. The minimum absolute atomic E-state index is 0.216. The van der Waals surface area contributed by atoms with Crippen LogP contribution in [0.5, 0.6) is 0 Å². The summed E-state index contributed by atoms with van der Waals surface area (Å²) < 4.78 is 4.96. The maximum Gasteiger partial charge on any atom is 0.338 e. The molecule has 7 heteroatoms. The number of anilines is 3. The number of carbonyl (C=O) groups excluding carboxylic acids is 2. The molecular formula is C22H22N4O3. The van der Waals surface area contributed by atoms with Gasteiger partial charge in [0.15, 0.2) is 0 Å². The number of ether oxygens (including phenoxy) is 1. The minimum atomic E-state index is -0.363. The Bertz CT molecular complexity index is 1020. The Balaban J connectivity index is 1.63. The van der Waals surface area contributed by atoms with E-state index in [1.165, 1.54) is 12.4 Å². The zero-order valence-electron chi connectivity index (χ0n) is 16.5. The van der Waals surface area contributed by atoms with Gasteiger partial charge in [0.05, 0.1) is 24.6 Å². The van der Waals surface area contributed by atoms with Crippen molar-refractivity contribution in [2.24, 2.45) is 0 Å². The predicted molar refractivity (Wildman–Crippen MR) is 112 cm³/mol. The number of carbonyl (C=O) groups is 2. The molecule has 0 aliphatic carbocycles. The quantitative estimate of drug-likeness (QED) is 0.611. The molecule has 3 rings (SSSR count). The molecule has 1 amide bonds. The summed E-state index contributed by atoms with van der Waals surface area (Å²) in [5, 5.41) is 5.92. The van der Waals surface area contributed by atoms with Crippen LogP contribution in [0.3, 0.4) is 0 Å². The molecule has 0 radical (unpaired) electrons. The van der Waals surface area contributed by atoms with Gasteiger partial charge in [0, 0.05) is 11.4 Å². The highest BCUT2D eigenvalue weighted by molar-refractivity contribution is 6.03. The van der Waals surface area contributed by atoms with E-state index in [0.717, 1.165) is 22.5 Å². The summed E-state index contributed by atoms with van der Waals surface area (Å²) in [6.45, 7) is 6.03. The summed E-state index contributed by atoms with van der Waals surface area (Å²) in [5.41, 5.74) is 4.28. The van der Waals surface area contributed by atoms with Crippen LogP contribution in [0.15, 0.2) is 54.9 Å². The molecule has 0 aliphatic heterocycles. The summed E-state index contributed by atoms with van der Waals surface area (Å²) in [4.78, 5) is 32.5. The van der Waals surface area contributed by atoms with Crippen molar-refractivity contribution in [2.45, 2.75) is 20.8 Å². The molecule has 2 aromatic carbocycles. The third-order valence-electron chi connectivity index (χ3n) is 4.18. The Hall–Kier alpha value is -3.74. The van der Waals surface area contributed by atoms with E-state index in [2.05, 4.69) is 20.6 Å². The van der Waals surface area contributed by atoms with Crippen LogP contribution in [0.4, 0.5) is 17.2 Å². The van der Waals surface area contributed by atoms with Gasteiger partial charge in [-0.25, -0.2) is 14.8 Å². The van der Waals surface area contributed by atoms with Gasteiger partial charge >= 0.3 is 5.97 Å². The van der Waals surface area contributed by atoms with Gasteiger partial charge in [-0.15, -0.1) is 0 Å². The third kappa shape index (κ3) is 5.16. The lowest BCUT2D eigenvalue weighted by Crippen LogP contribution is -2.15. The second-order valence-corrected chi connectivity index (χ2v) is 6.48. The van der Waals surface area contributed by atoms with Gasteiger partial charge in [-0.3, -0.25) is 4.79 Å². The lowest BCUT2D eigenvalue weighted by molar-refractivity contribution is 0.0526. The molecule has 0 fully saturated rings. The molecule has 7 nitrogen and oxygen atoms in total. The van der Waals surface area contributed by atoms with E-state index in [1.54, 1.807) is 31.2 Å². The zero-order valence-corrected chi connectivity index (χ0v) is 16.5. The lowest BCUT2D eigenvalue weighted by Gasteiger charge is -2.09. The van der Waals surface area contributed by atoms with E-state index >= 15 is 0 Å². The third-order valence-corrected chi connectivity index (χ3v) is 4.18. The van der Waals surface area contributed by atoms with Crippen molar-refractivity contribution >= 4 is 29.1 Å². The number of aryl methyl sites for hydroxylation is 2. The van der Waals surface area contributed by atoms with Crippen LogP contribution >= 0.6 is 0 Å². The predicted octanol–water partition coefficient (Wildman–Crippen LogP) is 4.27. The number of esters is 1. The topological polar surface area (TPSA) is 93.2 Å². The molecule has 0 unspecified atom stereocenters. The zero-order chi connectivity index (χ0) is 20.8. The summed E-state index contributed by atoms with van der Waals surface area (Å²) >= 11 is 0. The van der Waals surface area contributed by atoms with Crippen molar-refractivity contribution in [2.75, 3.05) is 17.2 Å². The molecule has 3 aromatic rings. The Morgan fingerprint density at radius 2 is 1.76 bits per heavy atom. The van der Waals surface area contributed by atoms with Crippen LogP contribution < -0.4 is 10.6 Å². The van der Waals surface area contributed by atoms with Gasteiger partial charge in [-0.1, -0.05) is 17.7 Å². The number of aromatic nitrogens is 2. The fraction of sp³-hybridized carbons (Fsp3) is 0.182. The van der Waals surface area contributed by atoms with Crippen LogP contribution in [0.1, 0.15) is 38.9 Å². The Morgan fingerprint density at radius 3 is 2.38 bits per heavy atom. The second-order valence-electron chi connectivity index (χ2n) is 6.48. The molecule has 0 saturated carbocycles. The van der Waals surface area contributed by atoms with Gasteiger partial charge in [0.1, 0.15) is 11.5 Å². The van der Waals surface area contributed by atoms with Crippen molar-refractivity contribution in [3.63, 3.8) is 0 Å². The average molecular weight is 390 g/mol. The van der Waals surface area contributed by atoms with Gasteiger partial charge < -0.3 is 15.4 Å². The van der Waals surface area contributed by atoms with Crippen molar-refractivity contribution < 1.29 is 14.3 Å². The first-order chi connectivity index (χ1) is 14.0. The summed E-state index contributed by atoms with van der Waals surface area (Å²) in [6.07, 6.45) is 2.89. The Labute approximate surface area is 169 Å². The molecule has 29 heavy (non-hydrogen) atoms.